The van der Waals surface area contributed by atoms with Crippen LogP contribution in [-0.2, 0) is 14.9 Å². The molecule has 238 valence electrons. The number of methoxy groups -OCH3 is 1. The van der Waals surface area contributed by atoms with E-state index in [4.69, 9.17) is 31.9 Å². The average Bonchev–Trinajstić information content (AvgIpc) is 3.57. The quantitative estimate of drug-likeness (QED) is 0.232. The average molecular weight is 626 g/mol. The predicted molar refractivity (Wildman–Crippen MR) is 174 cm³/mol. The first-order valence-corrected chi connectivity index (χ1v) is 15.5. The second-order valence-corrected chi connectivity index (χ2v) is 13.1. The fourth-order valence-corrected chi connectivity index (χ4v) is 5.69. The maximum Gasteiger partial charge on any atom is 0.228 e. The third kappa shape index (κ3) is 7.36. The first-order chi connectivity index (χ1) is 20.9. The van der Waals surface area contributed by atoms with Crippen LogP contribution >= 0.6 is 11.6 Å². The molecule has 12 nitrogen and oxygen atoms in total. The zero-order valence-corrected chi connectivity index (χ0v) is 27.2. The number of hydrogen-bond donors (Lipinski definition) is 3. The fourth-order valence-electron chi connectivity index (χ4n) is 5.37. The molecule has 0 spiro atoms. The molecule has 1 aliphatic carbocycles. The number of halogens is 1. The third-order valence-corrected chi connectivity index (χ3v) is 8.51. The van der Waals surface area contributed by atoms with Gasteiger partial charge in [0.25, 0.3) is 0 Å². The van der Waals surface area contributed by atoms with Gasteiger partial charge >= 0.3 is 0 Å². The van der Waals surface area contributed by atoms with E-state index in [0.717, 1.165) is 51.3 Å². The Balaban J connectivity index is 1.31. The summed E-state index contributed by atoms with van der Waals surface area (Å²) in [7, 11) is 3.63. The summed E-state index contributed by atoms with van der Waals surface area (Å²) >= 11 is 6.87. The molecule has 4 heterocycles. The van der Waals surface area contributed by atoms with Crippen LogP contribution in [0.2, 0.25) is 5.02 Å². The lowest BCUT2D eigenvalue weighted by atomic mass is 9.91. The zero-order chi connectivity index (χ0) is 31.6. The molecule has 13 heteroatoms. The van der Waals surface area contributed by atoms with Crippen LogP contribution in [0.4, 0.5) is 23.1 Å². The summed E-state index contributed by atoms with van der Waals surface area (Å²) in [6, 6.07) is 5.78. The minimum absolute atomic E-state index is 0.0287. The number of nitrogens with zero attached hydrogens (tertiary/aromatic N) is 6. The molecule has 44 heavy (non-hydrogen) atoms. The van der Waals surface area contributed by atoms with Crippen LogP contribution in [0, 0.1) is 5.92 Å². The summed E-state index contributed by atoms with van der Waals surface area (Å²) in [4.78, 5) is 25.1. The first-order valence-electron chi connectivity index (χ1n) is 15.1. The van der Waals surface area contributed by atoms with Crippen molar-refractivity contribution in [2.24, 2.45) is 5.92 Å². The Hall–Kier alpha value is -3.61. The van der Waals surface area contributed by atoms with E-state index < -0.39 is 0 Å². The van der Waals surface area contributed by atoms with Crippen molar-refractivity contribution in [3.63, 3.8) is 0 Å². The van der Waals surface area contributed by atoms with Crippen molar-refractivity contribution in [3.05, 3.63) is 41.3 Å². The highest BCUT2D eigenvalue weighted by atomic mass is 35.5. The molecular formula is C31H44ClN9O3. The van der Waals surface area contributed by atoms with E-state index in [2.05, 4.69) is 57.0 Å². The maximum atomic E-state index is 12.2. The number of likely N-dealkylation sites (tertiary alicyclic amines) is 1. The van der Waals surface area contributed by atoms with Crippen molar-refractivity contribution in [1.82, 2.24) is 24.6 Å². The van der Waals surface area contributed by atoms with Crippen molar-refractivity contribution >= 4 is 40.6 Å². The van der Waals surface area contributed by atoms with Gasteiger partial charge in [0, 0.05) is 69.1 Å². The predicted octanol–water partition coefficient (Wildman–Crippen LogP) is 5.13. The van der Waals surface area contributed by atoms with Gasteiger partial charge in [-0.25, -0.2) is 9.97 Å². The first kappa shape index (κ1) is 31.8. The van der Waals surface area contributed by atoms with Gasteiger partial charge in [-0.3, -0.25) is 14.4 Å². The summed E-state index contributed by atoms with van der Waals surface area (Å²) < 4.78 is 13.6. The standard InChI is InChI=1S/C31H44ClN9O3/c1-19(36-26-16-24(31(2,3)4)41(38-26)21-10-12-40(18-21)13-14-43-6)39(5)28-27(32)23(17-35-29(28)33)44-22-9-11-34-25(15-22)37-30(42)20-7-8-20/h9,11,15-17,19-21H,7-8,10,12-14,18H2,1-6H3,(H2,33,35)(H,36,38)(H,34,37,42)/t19?,21-/m1/s1. The lowest BCUT2D eigenvalue weighted by Crippen LogP contribution is -2.36. The summed E-state index contributed by atoms with van der Waals surface area (Å²) in [6.07, 6.45) is 5.68. The van der Waals surface area contributed by atoms with Crippen LogP contribution in [0.25, 0.3) is 0 Å². The van der Waals surface area contributed by atoms with Gasteiger partial charge in [-0.2, -0.15) is 5.10 Å². The molecule has 4 N–H and O–H groups in total. The molecular weight excluding hydrogens is 582 g/mol. The molecule has 1 saturated carbocycles. The number of hydrogen-bond acceptors (Lipinski definition) is 10. The van der Waals surface area contributed by atoms with Gasteiger partial charge in [-0.15, -0.1) is 0 Å². The van der Waals surface area contributed by atoms with Crippen LogP contribution in [0.1, 0.15) is 58.7 Å². The number of nitrogen functional groups attached to an aromatic ring is 1. The third-order valence-electron chi connectivity index (χ3n) is 8.15. The number of pyridine rings is 2. The highest BCUT2D eigenvalue weighted by Crippen LogP contribution is 2.40. The van der Waals surface area contributed by atoms with E-state index in [1.54, 1.807) is 25.4 Å². The van der Waals surface area contributed by atoms with E-state index in [0.29, 0.717) is 34.1 Å². The smallest absolute Gasteiger partial charge is 0.228 e. The van der Waals surface area contributed by atoms with E-state index in [9.17, 15) is 4.79 Å². The fraction of sp³-hybridized carbons (Fsp3) is 0.548. The highest BCUT2D eigenvalue weighted by Gasteiger charge is 2.31. The summed E-state index contributed by atoms with van der Waals surface area (Å²) in [5, 5.41) is 11.7. The Morgan fingerprint density at radius 3 is 2.70 bits per heavy atom. The zero-order valence-electron chi connectivity index (χ0n) is 26.4. The van der Waals surface area contributed by atoms with Gasteiger partial charge in [0.1, 0.15) is 33.9 Å². The Morgan fingerprint density at radius 1 is 1.23 bits per heavy atom. The lowest BCUT2D eigenvalue weighted by molar-refractivity contribution is -0.117. The van der Waals surface area contributed by atoms with Crippen LogP contribution in [0.3, 0.4) is 0 Å². The van der Waals surface area contributed by atoms with E-state index in [1.165, 1.54) is 11.9 Å². The van der Waals surface area contributed by atoms with Gasteiger partial charge in [0.2, 0.25) is 5.91 Å². The van der Waals surface area contributed by atoms with Crippen LogP contribution in [-0.4, -0.2) is 77.1 Å². The minimum atomic E-state index is -0.241. The molecule has 2 aliphatic rings. The molecule has 1 unspecified atom stereocenters. The van der Waals surface area contributed by atoms with Crippen molar-refractivity contribution in [1.29, 1.82) is 0 Å². The van der Waals surface area contributed by atoms with E-state index >= 15 is 0 Å². The van der Waals surface area contributed by atoms with Crippen molar-refractivity contribution in [2.75, 3.05) is 61.7 Å². The largest absolute Gasteiger partial charge is 0.454 e. The number of rotatable bonds is 12. The monoisotopic (exact) mass is 625 g/mol. The van der Waals surface area contributed by atoms with E-state index in [-0.39, 0.29) is 29.2 Å². The van der Waals surface area contributed by atoms with Crippen LogP contribution in [0.5, 0.6) is 11.5 Å². The SMILES string of the molecule is COCCN1CC[C@@H](n2nc(NC(C)N(C)c3c(N)ncc(Oc4ccnc(NC(=O)C5CC5)c4)c3Cl)cc2C(C)(C)C)C1. The normalized spacial score (nSPS) is 17.8. The van der Waals surface area contributed by atoms with Gasteiger partial charge in [-0.1, -0.05) is 32.4 Å². The second kappa shape index (κ2) is 13.2. The molecule has 3 aromatic rings. The maximum absolute atomic E-state index is 12.2. The topological polar surface area (TPSA) is 136 Å². The second-order valence-electron chi connectivity index (χ2n) is 12.7. The van der Waals surface area contributed by atoms with Gasteiger partial charge in [0.15, 0.2) is 5.75 Å². The molecule has 5 rings (SSSR count). The number of ether oxygens (including phenoxy) is 2. The Bertz CT molecular complexity index is 1470. The van der Waals surface area contributed by atoms with Crippen molar-refractivity contribution in [3.8, 4) is 11.5 Å². The number of carbonyl (C=O) groups excluding carboxylic acids is 1. The van der Waals surface area contributed by atoms with Crippen molar-refractivity contribution < 1.29 is 14.3 Å². The summed E-state index contributed by atoms with van der Waals surface area (Å²) in [5.74, 6) is 2.30. The molecule has 1 amide bonds. The Labute approximate surface area is 264 Å². The minimum Gasteiger partial charge on any atom is -0.454 e. The van der Waals surface area contributed by atoms with Gasteiger partial charge in [0.05, 0.1) is 25.0 Å². The number of anilines is 4. The highest BCUT2D eigenvalue weighted by molar-refractivity contribution is 6.35. The molecule has 3 aromatic heterocycles. The molecule has 2 fully saturated rings. The van der Waals surface area contributed by atoms with Crippen LogP contribution in [0.15, 0.2) is 30.6 Å². The summed E-state index contributed by atoms with van der Waals surface area (Å²) in [6.45, 7) is 12.3. The lowest BCUT2D eigenvalue weighted by Gasteiger charge is -2.29. The molecule has 1 saturated heterocycles. The van der Waals surface area contributed by atoms with Gasteiger partial charge < -0.3 is 30.7 Å². The molecule has 0 bridgehead atoms. The number of amides is 1. The molecule has 0 aromatic carbocycles. The van der Waals surface area contributed by atoms with E-state index in [1.807, 2.05) is 18.9 Å². The number of nitrogens with one attached hydrogen (secondary N) is 2. The number of aromatic nitrogens is 4. The molecule has 2 atom stereocenters. The Morgan fingerprint density at radius 2 is 2.00 bits per heavy atom. The number of nitrogens with two attached hydrogens (primary N) is 1. The van der Waals surface area contributed by atoms with Gasteiger partial charge in [-0.05, 0) is 32.3 Å². The Kier molecular flexibility index (Phi) is 9.52. The molecule has 0 radical (unpaired) electrons. The molecule has 1 aliphatic heterocycles. The van der Waals surface area contributed by atoms with Crippen LogP contribution < -0.4 is 26.0 Å². The number of carbonyl (C=O) groups is 1. The van der Waals surface area contributed by atoms with Crippen molar-refractivity contribution in [2.45, 2.75) is 64.6 Å². The summed E-state index contributed by atoms with van der Waals surface area (Å²) in [5.41, 5.74) is 7.95.